The third-order valence-corrected chi connectivity index (χ3v) is 7.15. The summed E-state index contributed by atoms with van der Waals surface area (Å²) in [5.41, 5.74) is 1.02. The zero-order chi connectivity index (χ0) is 25.0. The Bertz CT molecular complexity index is 1140. The molecule has 1 aromatic carbocycles. The number of hydrogen-bond acceptors (Lipinski definition) is 7. The highest BCUT2D eigenvalue weighted by Crippen LogP contribution is 2.31. The molecular weight excluding hydrogens is 460 g/mol. The number of pyridine rings is 1. The molecule has 10 nitrogen and oxygen atoms in total. The summed E-state index contributed by atoms with van der Waals surface area (Å²) in [6.07, 6.45) is 3.60. The first-order chi connectivity index (χ1) is 16.0. The summed E-state index contributed by atoms with van der Waals surface area (Å²) >= 11 is 0. The molecule has 3 atom stereocenters. The molecule has 1 aliphatic rings. The molecule has 0 saturated carbocycles. The van der Waals surface area contributed by atoms with Gasteiger partial charge in [0.2, 0.25) is 10.0 Å². The van der Waals surface area contributed by atoms with Crippen LogP contribution in [-0.4, -0.2) is 84.7 Å². The molecule has 0 radical (unpaired) electrons. The molecule has 0 fully saturated rings. The molecule has 0 saturated heterocycles. The molecule has 0 spiro atoms. The van der Waals surface area contributed by atoms with Crippen molar-refractivity contribution in [3.8, 4) is 5.75 Å². The van der Waals surface area contributed by atoms with Crippen LogP contribution in [0.4, 0.5) is 5.69 Å². The van der Waals surface area contributed by atoms with E-state index in [0.717, 1.165) is 6.26 Å². The maximum atomic E-state index is 13.4. The van der Waals surface area contributed by atoms with E-state index in [9.17, 15) is 23.1 Å². The van der Waals surface area contributed by atoms with Crippen LogP contribution in [0.1, 0.15) is 34.6 Å². The maximum Gasteiger partial charge on any atom is 0.258 e. The van der Waals surface area contributed by atoms with Crippen molar-refractivity contribution in [2.75, 3.05) is 38.3 Å². The van der Waals surface area contributed by atoms with Crippen molar-refractivity contribution in [1.29, 1.82) is 0 Å². The van der Waals surface area contributed by atoms with Crippen molar-refractivity contribution >= 4 is 27.5 Å². The minimum atomic E-state index is -3.44. The minimum absolute atomic E-state index is 0.0928. The van der Waals surface area contributed by atoms with Gasteiger partial charge in [-0.3, -0.25) is 14.6 Å². The van der Waals surface area contributed by atoms with E-state index in [1.165, 1.54) is 29.8 Å². The number of amides is 2. The van der Waals surface area contributed by atoms with Crippen LogP contribution in [-0.2, 0) is 10.0 Å². The number of nitrogens with one attached hydrogen (secondary N) is 1. The summed E-state index contributed by atoms with van der Waals surface area (Å²) in [6.45, 7) is 3.73. The van der Waals surface area contributed by atoms with E-state index in [-0.39, 0.29) is 48.7 Å². The highest BCUT2D eigenvalue weighted by molar-refractivity contribution is 7.88. The number of ether oxygens (including phenoxy) is 1. The van der Waals surface area contributed by atoms with Gasteiger partial charge in [-0.1, -0.05) is 6.92 Å². The molecule has 184 valence electrons. The van der Waals surface area contributed by atoms with Gasteiger partial charge in [0, 0.05) is 43.2 Å². The molecule has 3 rings (SSSR count). The number of benzene rings is 1. The second-order valence-corrected chi connectivity index (χ2v) is 10.7. The molecule has 11 heteroatoms. The summed E-state index contributed by atoms with van der Waals surface area (Å²) in [6, 6.07) is 7.42. The Morgan fingerprint density at radius 3 is 2.62 bits per heavy atom. The predicted octanol–water partition coefficient (Wildman–Crippen LogP) is 1.45. The van der Waals surface area contributed by atoms with Crippen molar-refractivity contribution in [1.82, 2.24) is 14.2 Å². The smallest absolute Gasteiger partial charge is 0.258 e. The number of aliphatic hydroxyl groups excluding tert-OH is 1. The summed E-state index contributed by atoms with van der Waals surface area (Å²) in [7, 11) is -1.96. The average molecular weight is 491 g/mol. The van der Waals surface area contributed by atoms with Crippen molar-refractivity contribution in [2.45, 2.75) is 26.0 Å². The first-order valence-electron chi connectivity index (χ1n) is 10.9. The quantitative estimate of drug-likeness (QED) is 0.601. The van der Waals surface area contributed by atoms with Crippen molar-refractivity contribution in [3.63, 3.8) is 0 Å². The average Bonchev–Trinajstić information content (AvgIpc) is 2.81. The van der Waals surface area contributed by atoms with Gasteiger partial charge < -0.3 is 20.1 Å². The Hall–Kier alpha value is -3.02. The molecule has 2 N–H and O–H groups in total. The molecule has 0 bridgehead atoms. The number of sulfonamides is 1. The summed E-state index contributed by atoms with van der Waals surface area (Å²) < 4.78 is 31.3. The lowest BCUT2D eigenvalue weighted by atomic mass is 9.99. The van der Waals surface area contributed by atoms with Crippen LogP contribution in [0.5, 0.6) is 5.75 Å². The molecule has 2 amide bonds. The van der Waals surface area contributed by atoms with E-state index < -0.39 is 22.2 Å². The van der Waals surface area contributed by atoms with Gasteiger partial charge in [0.1, 0.15) is 11.9 Å². The van der Waals surface area contributed by atoms with E-state index in [1.807, 2.05) is 6.92 Å². The van der Waals surface area contributed by atoms with Gasteiger partial charge in [0.25, 0.3) is 11.8 Å². The largest absolute Gasteiger partial charge is 0.488 e. The Morgan fingerprint density at radius 1 is 1.32 bits per heavy atom. The lowest BCUT2D eigenvalue weighted by Crippen LogP contribution is -2.50. The number of carbonyl (C=O) groups excluding carboxylic acids is 2. The lowest BCUT2D eigenvalue weighted by molar-refractivity contribution is 0.0387. The normalized spacial score (nSPS) is 19.6. The summed E-state index contributed by atoms with van der Waals surface area (Å²) in [4.78, 5) is 31.4. The maximum absolute atomic E-state index is 13.4. The van der Waals surface area contributed by atoms with Crippen LogP contribution in [0.3, 0.4) is 0 Å². The van der Waals surface area contributed by atoms with Gasteiger partial charge in [-0.05, 0) is 37.3 Å². The van der Waals surface area contributed by atoms with Crippen LogP contribution in [0.25, 0.3) is 0 Å². The number of carbonyl (C=O) groups is 2. The zero-order valence-electron chi connectivity index (χ0n) is 19.6. The van der Waals surface area contributed by atoms with Crippen molar-refractivity contribution in [2.24, 2.45) is 5.92 Å². The third-order valence-electron chi connectivity index (χ3n) is 5.87. The van der Waals surface area contributed by atoms with Crippen LogP contribution in [0, 0.1) is 5.92 Å². The van der Waals surface area contributed by atoms with E-state index in [1.54, 1.807) is 36.1 Å². The summed E-state index contributed by atoms with van der Waals surface area (Å²) in [5, 5.41) is 12.5. The zero-order valence-corrected chi connectivity index (χ0v) is 20.4. The van der Waals surface area contributed by atoms with E-state index in [2.05, 4.69) is 10.3 Å². The van der Waals surface area contributed by atoms with Gasteiger partial charge in [-0.15, -0.1) is 0 Å². The fourth-order valence-electron chi connectivity index (χ4n) is 3.61. The van der Waals surface area contributed by atoms with Gasteiger partial charge in [-0.25, -0.2) is 12.7 Å². The molecule has 34 heavy (non-hydrogen) atoms. The van der Waals surface area contributed by atoms with Crippen LogP contribution >= 0.6 is 0 Å². The third kappa shape index (κ3) is 5.91. The number of rotatable bonds is 7. The number of likely N-dealkylation sites (N-methyl/N-ethyl adjacent to an activating group) is 1. The number of anilines is 1. The highest BCUT2D eigenvalue weighted by Gasteiger charge is 2.34. The number of hydrogen-bond donors (Lipinski definition) is 2. The van der Waals surface area contributed by atoms with Gasteiger partial charge in [-0.2, -0.15) is 0 Å². The van der Waals surface area contributed by atoms with Gasteiger partial charge in [0.05, 0.1) is 31.0 Å². The standard InChI is InChI=1S/C23H30N4O6S/c1-15-12-27(16(2)14-28)23(30)19-11-18(25-22(29)17-7-9-24-10-8-17)5-6-20(19)33-21(15)13-26(3)34(4,31)32/h5-11,15-16,21,28H,12-14H2,1-4H3,(H,25,29)/t15-,16+,21+/m0/s1. The lowest BCUT2D eigenvalue weighted by Gasteiger charge is -2.38. The minimum Gasteiger partial charge on any atom is -0.488 e. The Balaban J connectivity index is 1.97. The van der Waals surface area contributed by atoms with E-state index in [4.69, 9.17) is 4.74 Å². The van der Waals surface area contributed by atoms with Gasteiger partial charge >= 0.3 is 0 Å². The van der Waals surface area contributed by atoms with Crippen LogP contribution < -0.4 is 10.1 Å². The molecule has 0 aliphatic carbocycles. The van der Waals surface area contributed by atoms with Crippen LogP contribution in [0.15, 0.2) is 42.7 Å². The second-order valence-electron chi connectivity index (χ2n) is 8.57. The van der Waals surface area contributed by atoms with E-state index >= 15 is 0 Å². The number of fused-ring (bicyclic) bond motifs is 1. The predicted molar refractivity (Wildman–Crippen MR) is 127 cm³/mol. The monoisotopic (exact) mass is 490 g/mol. The van der Waals surface area contributed by atoms with Gasteiger partial charge in [0.15, 0.2) is 0 Å². The number of nitrogens with zero attached hydrogens (tertiary/aromatic N) is 3. The number of aromatic nitrogens is 1. The van der Waals surface area contributed by atoms with Crippen molar-refractivity contribution < 1.29 is 27.9 Å². The molecule has 2 aromatic rings. The van der Waals surface area contributed by atoms with E-state index in [0.29, 0.717) is 11.3 Å². The van der Waals surface area contributed by atoms with Crippen LogP contribution in [0.2, 0.25) is 0 Å². The second kappa shape index (κ2) is 10.5. The molecule has 1 aliphatic heterocycles. The number of aliphatic hydroxyl groups is 1. The molecular formula is C23H30N4O6S. The highest BCUT2D eigenvalue weighted by atomic mass is 32.2. The Labute approximate surface area is 199 Å². The first-order valence-corrected chi connectivity index (χ1v) is 12.7. The Morgan fingerprint density at radius 2 is 2.00 bits per heavy atom. The first kappa shape index (κ1) is 25.6. The SMILES string of the molecule is C[C@H](CO)N1C[C@H](C)[C@@H](CN(C)S(C)(=O)=O)Oc2ccc(NC(=O)c3ccncc3)cc2C1=O. The fraction of sp³-hybridized carbons (Fsp3) is 0.435. The topological polar surface area (TPSA) is 129 Å². The Kier molecular flexibility index (Phi) is 7.90. The molecule has 2 heterocycles. The van der Waals surface area contributed by atoms with Crippen molar-refractivity contribution in [3.05, 3.63) is 53.9 Å². The summed E-state index contributed by atoms with van der Waals surface area (Å²) in [5.74, 6) is -0.649. The fourth-order valence-corrected chi connectivity index (χ4v) is 4.03. The molecule has 0 unspecified atom stereocenters. The molecule has 1 aromatic heterocycles.